The fourth-order valence-electron chi connectivity index (χ4n) is 1.09. The zero-order chi connectivity index (χ0) is 12.4. The van der Waals surface area contributed by atoms with Crippen LogP contribution in [0.25, 0.3) is 0 Å². The molecule has 0 unspecified atom stereocenters. The fraction of sp³-hybridized carbons (Fsp3) is 0.727. The summed E-state index contributed by atoms with van der Waals surface area (Å²) in [6, 6.07) is 0. The quantitative estimate of drug-likeness (QED) is 0.805. The smallest absolute Gasteiger partial charge is 0.227 e. The molecule has 2 N–H and O–H groups in total. The lowest BCUT2D eigenvalue weighted by molar-refractivity contribution is 0.616. The minimum absolute atomic E-state index is 0.0552. The fourth-order valence-corrected chi connectivity index (χ4v) is 1.09. The second-order valence-electron chi connectivity index (χ2n) is 5.88. The Kier molecular flexibility index (Phi) is 3.35. The van der Waals surface area contributed by atoms with Crippen LogP contribution in [-0.4, -0.2) is 26.0 Å². The molecule has 0 fully saturated rings. The average molecular weight is 223 g/mol. The third kappa shape index (κ3) is 4.91. The summed E-state index contributed by atoms with van der Waals surface area (Å²) in [6.07, 6.45) is 1.51. The first-order valence-corrected chi connectivity index (χ1v) is 5.41. The summed E-state index contributed by atoms with van der Waals surface area (Å²) in [4.78, 5) is 12.5. The van der Waals surface area contributed by atoms with Gasteiger partial charge >= 0.3 is 0 Å². The molecule has 1 aromatic rings. The van der Waals surface area contributed by atoms with Gasteiger partial charge in [0.15, 0.2) is 0 Å². The summed E-state index contributed by atoms with van der Waals surface area (Å²) in [5.41, 5.74) is -0.110. The number of hydrogen-bond donors (Lipinski definition) is 2. The Morgan fingerprint density at radius 3 is 1.50 bits per heavy atom. The second kappa shape index (κ2) is 4.23. The Labute approximate surface area is 97.1 Å². The first-order chi connectivity index (χ1) is 7.16. The van der Waals surface area contributed by atoms with Crippen LogP contribution in [0.1, 0.15) is 41.5 Å². The highest BCUT2D eigenvalue weighted by atomic mass is 15.2. The molecule has 1 heterocycles. The van der Waals surface area contributed by atoms with Crippen molar-refractivity contribution in [2.75, 3.05) is 10.6 Å². The Bertz CT molecular complexity index is 317. The number of aromatic nitrogens is 3. The molecule has 0 bridgehead atoms. The van der Waals surface area contributed by atoms with Gasteiger partial charge in [-0.2, -0.15) is 4.98 Å². The molecule has 0 amide bonds. The highest BCUT2D eigenvalue weighted by molar-refractivity contribution is 5.35. The Hall–Kier alpha value is -1.39. The summed E-state index contributed by atoms with van der Waals surface area (Å²) in [6.45, 7) is 12.4. The molecule has 1 aromatic heterocycles. The molecule has 0 spiro atoms. The maximum absolute atomic E-state index is 4.30. The van der Waals surface area contributed by atoms with E-state index in [4.69, 9.17) is 0 Å². The monoisotopic (exact) mass is 223 g/mol. The summed E-state index contributed by atoms with van der Waals surface area (Å²) >= 11 is 0. The minimum atomic E-state index is -0.0552. The highest BCUT2D eigenvalue weighted by Gasteiger charge is 2.14. The van der Waals surface area contributed by atoms with E-state index in [1.807, 2.05) is 0 Å². The SMILES string of the molecule is CC(C)(C)Nc1ncnc(NC(C)(C)C)n1. The molecule has 0 aliphatic heterocycles. The average Bonchev–Trinajstić information content (AvgIpc) is 1.96. The van der Waals surface area contributed by atoms with E-state index in [-0.39, 0.29) is 11.1 Å². The summed E-state index contributed by atoms with van der Waals surface area (Å²) in [7, 11) is 0. The van der Waals surface area contributed by atoms with Crippen LogP contribution in [0.15, 0.2) is 6.33 Å². The third-order valence-corrected chi connectivity index (χ3v) is 1.55. The van der Waals surface area contributed by atoms with E-state index in [9.17, 15) is 0 Å². The van der Waals surface area contributed by atoms with Crippen molar-refractivity contribution in [1.29, 1.82) is 0 Å². The van der Waals surface area contributed by atoms with Crippen LogP contribution >= 0.6 is 0 Å². The van der Waals surface area contributed by atoms with Gasteiger partial charge in [-0.15, -0.1) is 0 Å². The predicted octanol–water partition coefficient (Wildman–Crippen LogP) is 2.29. The molecule has 0 atom stereocenters. The first kappa shape index (κ1) is 12.7. The van der Waals surface area contributed by atoms with Crippen LogP contribution in [0.4, 0.5) is 11.9 Å². The molecular formula is C11H21N5. The van der Waals surface area contributed by atoms with Gasteiger partial charge in [-0.05, 0) is 41.5 Å². The van der Waals surface area contributed by atoms with E-state index >= 15 is 0 Å². The van der Waals surface area contributed by atoms with E-state index < -0.39 is 0 Å². The molecule has 0 saturated carbocycles. The minimum Gasteiger partial charge on any atom is -0.349 e. The van der Waals surface area contributed by atoms with E-state index in [0.717, 1.165) is 0 Å². The number of nitrogens with one attached hydrogen (secondary N) is 2. The predicted molar refractivity (Wildman–Crippen MR) is 66.6 cm³/mol. The zero-order valence-corrected chi connectivity index (χ0v) is 10.9. The van der Waals surface area contributed by atoms with Gasteiger partial charge < -0.3 is 10.6 Å². The molecular weight excluding hydrogens is 202 g/mol. The molecule has 16 heavy (non-hydrogen) atoms. The van der Waals surface area contributed by atoms with Gasteiger partial charge in [-0.25, -0.2) is 9.97 Å². The lowest BCUT2D eigenvalue weighted by Gasteiger charge is -2.22. The number of nitrogens with zero attached hydrogens (tertiary/aromatic N) is 3. The molecule has 0 aliphatic carbocycles. The largest absolute Gasteiger partial charge is 0.349 e. The number of rotatable bonds is 2. The molecule has 0 radical (unpaired) electrons. The van der Waals surface area contributed by atoms with Crippen LogP contribution < -0.4 is 10.6 Å². The summed E-state index contributed by atoms with van der Waals surface area (Å²) in [5.74, 6) is 1.18. The highest BCUT2D eigenvalue weighted by Crippen LogP contribution is 2.13. The topological polar surface area (TPSA) is 62.7 Å². The maximum Gasteiger partial charge on any atom is 0.227 e. The Morgan fingerprint density at radius 1 is 0.812 bits per heavy atom. The van der Waals surface area contributed by atoms with Crippen molar-refractivity contribution in [3.8, 4) is 0 Å². The van der Waals surface area contributed by atoms with Crippen LogP contribution in [0.5, 0.6) is 0 Å². The Balaban J connectivity index is 2.79. The molecule has 0 saturated heterocycles. The van der Waals surface area contributed by atoms with Gasteiger partial charge in [0, 0.05) is 11.1 Å². The van der Waals surface area contributed by atoms with Gasteiger partial charge in [0.25, 0.3) is 0 Å². The van der Waals surface area contributed by atoms with Crippen LogP contribution in [0.2, 0.25) is 0 Å². The van der Waals surface area contributed by atoms with Crippen LogP contribution in [0, 0.1) is 0 Å². The summed E-state index contributed by atoms with van der Waals surface area (Å²) in [5, 5.41) is 6.41. The molecule has 90 valence electrons. The van der Waals surface area contributed by atoms with Gasteiger partial charge in [-0.3, -0.25) is 0 Å². The lowest BCUT2D eigenvalue weighted by Crippen LogP contribution is -2.29. The molecule has 0 aliphatic rings. The zero-order valence-electron chi connectivity index (χ0n) is 10.9. The van der Waals surface area contributed by atoms with Crippen molar-refractivity contribution < 1.29 is 0 Å². The van der Waals surface area contributed by atoms with E-state index in [2.05, 4.69) is 67.1 Å². The van der Waals surface area contributed by atoms with Crippen LogP contribution in [-0.2, 0) is 0 Å². The van der Waals surface area contributed by atoms with Crippen molar-refractivity contribution in [2.45, 2.75) is 52.6 Å². The van der Waals surface area contributed by atoms with Crippen molar-refractivity contribution in [2.24, 2.45) is 0 Å². The normalized spacial score (nSPS) is 12.4. The Morgan fingerprint density at radius 2 is 1.19 bits per heavy atom. The van der Waals surface area contributed by atoms with E-state index in [0.29, 0.717) is 11.9 Å². The van der Waals surface area contributed by atoms with Crippen molar-refractivity contribution in [1.82, 2.24) is 15.0 Å². The van der Waals surface area contributed by atoms with E-state index in [1.165, 1.54) is 6.33 Å². The molecule has 1 rings (SSSR count). The van der Waals surface area contributed by atoms with Gasteiger partial charge in [0.1, 0.15) is 6.33 Å². The summed E-state index contributed by atoms with van der Waals surface area (Å²) < 4.78 is 0. The van der Waals surface area contributed by atoms with Crippen molar-refractivity contribution >= 4 is 11.9 Å². The number of anilines is 2. The maximum atomic E-state index is 4.30. The van der Waals surface area contributed by atoms with Crippen LogP contribution in [0.3, 0.4) is 0 Å². The lowest BCUT2D eigenvalue weighted by atomic mass is 10.1. The van der Waals surface area contributed by atoms with Crippen molar-refractivity contribution in [3.05, 3.63) is 6.33 Å². The second-order valence-corrected chi connectivity index (χ2v) is 5.88. The van der Waals surface area contributed by atoms with Crippen molar-refractivity contribution in [3.63, 3.8) is 0 Å². The standard InChI is InChI=1S/C11H21N5/c1-10(2,3)15-8-12-7-13-9(14-8)16-11(4,5)6/h7H,1-6H3,(H2,12,13,14,15,16). The number of hydrogen-bond acceptors (Lipinski definition) is 5. The van der Waals surface area contributed by atoms with Gasteiger partial charge in [0.2, 0.25) is 11.9 Å². The van der Waals surface area contributed by atoms with Gasteiger partial charge in [-0.1, -0.05) is 0 Å². The first-order valence-electron chi connectivity index (χ1n) is 5.41. The van der Waals surface area contributed by atoms with E-state index in [1.54, 1.807) is 0 Å². The third-order valence-electron chi connectivity index (χ3n) is 1.55. The molecule has 5 heteroatoms. The molecule has 5 nitrogen and oxygen atoms in total. The van der Waals surface area contributed by atoms with Gasteiger partial charge in [0.05, 0.1) is 0 Å². The molecule has 0 aromatic carbocycles.